The second-order valence-electron chi connectivity index (χ2n) is 4.39. The quantitative estimate of drug-likeness (QED) is 0.777. The molecule has 1 aliphatic rings. The standard InChI is InChI=1S/C12H14FNOS/c13-9-1-3-10(4-2-9)14-11(15)7-12(8-16)5-6-12/h1-4,16H,5-8H2,(H,14,15). The van der Waals surface area contributed by atoms with Crippen LogP contribution in [0.3, 0.4) is 0 Å². The summed E-state index contributed by atoms with van der Waals surface area (Å²) in [6, 6.07) is 5.79. The molecule has 0 saturated heterocycles. The number of hydrogen-bond acceptors (Lipinski definition) is 2. The van der Waals surface area contributed by atoms with Crippen molar-refractivity contribution < 1.29 is 9.18 Å². The van der Waals surface area contributed by atoms with Crippen LogP contribution in [-0.2, 0) is 4.79 Å². The molecule has 16 heavy (non-hydrogen) atoms. The zero-order chi connectivity index (χ0) is 11.6. The fraction of sp³-hybridized carbons (Fsp3) is 0.417. The Balaban J connectivity index is 1.90. The van der Waals surface area contributed by atoms with Crippen LogP contribution in [0, 0.1) is 11.2 Å². The van der Waals surface area contributed by atoms with Gasteiger partial charge < -0.3 is 5.32 Å². The molecule has 0 bridgehead atoms. The summed E-state index contributed by atoms with van der Waals surface area (Å²) in [6.45, 7) is 0. The number of carbonyl (C=O) groups is 1. The van der Waals surface area contributed by atoms with Crippen LogP contribution in [0.1, 0.15) is 19.3 Å². The lowest BCUT2D eigenvalue weighted by Crippen LogP contribution is -2.18. The Morgan fingerprint density at radius 3 is 2.50 bits per heavy atom. The van der Waals surface area contributed by atoms with E-state index in [0.717, 1.165) is 18.6 Å². The lowest BCUT2D eigenvalue weighted by Gasteiger charge is -2.11. The van der Waals surface area contributed by atoms with E-state index >= 15 is 0 Å². The minimum absolute atomic E-state index is 0.0156. The van der Waals surface area contributed by atoms with Crippen molar-refractivity contribution in [1.29, 1.82) is 0 Å². The van der Waals surface area contributed by atoms with Crippen molar-refractivity contribution in [2.24, 2.45) is 5.41 Å². The van der Waals surface area contributed by atoms with E-state index in [-0.39, 0.29) is 17.1 Å². The Morgan fingerprint density at radius 2 is 2.00 bits per heavy atom. The summed E-state index contributed by atoms with van der Waals surface area (Å²) >= 11 is 4.25. The molecule has 1 aliphatic carbocycles. The van der Waals surface area contributed by atoms with Crippen LogP contribution in [0.15, 0.2) is 24.3 Å². The molecular weight excluding hydrogens is 225 g/mol. The van der Waals surface area contributed by atoms with Gasteiger partial charge in [0.25, 0.3) is 0 Å². The lowest BCUT2D eigenvalue weighted by atomic mass is 10.1. The van der Waals surface area contributed by atoms with Crippen LogP contribution >= 0.6 is 12.6 Å². The first-order valence-corrected chi connectivity index (χ1v) is 5.93. The highest BCUT2D eigenvalue weighted by atomic mass is 32.1. The van der Waals surface area contributed by atoms with Gasteiger partial charge in [0, 0.05) is 12.1 Å². The molecule has 1 amide bonds. The molecule has 0 heterocycles. The van der Waals surface area contributed by atoms with E-state index in [9.17, 15) is 9.18 Å². The zero-order valence-electron chi connectivity index (χ0n) is 8.87. The van der Waals surface area contributed by atoms with Crippen LogP contribution in [0.5, 0.6) is 0 Å². The Morgan fingerprint density at radius 1 is 1.38 bits per heavy atom. The van der Waals surface area contributed by atoms with E-state index < -0.39 is 0 Å². The molecular formula is C12H14FNOS. The van der Waals surface area contributed by atoms with E-state index in [1.807, 2.05) is 0 Å². The van der Waals surface area contributed by atoms with Gasteiger partial charge in [0.1, 0.15) is 5.82 Å². The molecule has 0 radical (unpaired) electrons. The number of nitrogens with one attached hydrogen (secondary N) is 1. The van der Waals surface area contributed by atoms with Crippen LogP contribution in [0.25, 0.3) is 0 Å². The Kier molecular flexibility index (Phi) is 3.19. The van der Waals surface area contributed by atoms with Crippen LogP contribution in [0.2, 0.25) is 0 Å². The number of halogens is 1. The minimum Gasteiger partial charge on any atom is -0.326 e. The third kappa shape index (κ3) is 2.76. The van der Waals surface area contributed by atoms with Gasteiger partial charge >= 0.3 is 0 Å². The molecule has 1 aromatic carbocycles. The summed E-state index contributed by atoms with van der Waals surface area (Å²) in [6.07, 6.45) is 2.66. The maximum absolute atomic E-state index is 12.6. The van der Waals surface area contributed by atoms with Gasteiger partial charge in [0.05, 0.1) is 0 Å². The molecule has 0 aromatic heterocycles. The van der Waals surface area contributed by atoms with Gasteiger partial charge in [-0.1, -0.05) is 0 Å². The predicted molar refractivity (Wildman–Crippen MR) is 65.2 cm³/mol. The highest BCUT2D eigenvalue weighted by Crippen LogP contribution is 2.49. The second-order valence-corrected chi connectivity index (χ2v) is 4.71. The fourth-order valence-corrected chi connectivity index (χ4v) is 2.07. The summed E-state index contributed by atoms with van der Waals surface area (Å²) in [5.41, 5.74) is 0.758. The molecule has 1 aromatic rings. The summed E-state index contributed by atoms with van der Waals surface area (Å²) in [7, 11) is 0. The Labute approximate surface area is 99.6 Å². The first-order valence-electron chi connectivity index (χ1n) is 5.30. The summed E-state index contributed by atoms with van der Waals surface area (Å²) in [5, 5.41) is 2.76. The number of benzene rings is 1. The topological polar surface area (TPSA) is 29.1 Å². The van der Waals surface area contributed by atoms with Crippen molar-refractivity contribution in [3.63, 3.8) is 0 Å². The van der Waals surface area contributed by atoms with Crippen molar-refractivity contribution in [2.45, 2.75) is 19.3 Å². The average molecular weight is 239 g/mol. The molecule has 2 nitrogen and oxygen atoms in total. The van der Waals surface area contributed by atoms with Crippen LogP contribution < -0.4 is 5.32 Å². The molecule has 0 aliphatic heterocycles. The van der Waals surface area contributed by atoms with E-state index in [0.29, 0.717) is 12.1 Å². The minimum atomic E-state index is -0.299. The van der Waals surface area contributed by atoms with Gasteiger partial charge in [-0.3, -0.25) is 4.79 Å². The van der Waals surface area contributed by atoms with Gasteiger partial charge in [-0.05, 0) is 48.3 Å². The largest absolute Gasteiger partial charge is 0.326 e. The SMILES string of the molecule is O=C(CC1(CS)CC1)Nc1ccc(F)cc1. The predicted octanol–water partition coefficient (Wildman–Crippen LogP) is 2.86. The van der Waals surface area contributed by atoms with Gasteiger partial charge in [0.2, 0.25) is 5.91 Å². The molecule has 0 atom stereocenters. The van der Waals surface area contributed by atoms with E-state index in [2.05, 4.69) is 17.9 Å². The molecule has 0 unspecified atom stereocenters. The van der Waals surface area contributed by atoms with Crippen LogP contribution in [-0.4, -0.2) is 11.7 Å². The zero-order valence-corrected chi connectivity index (χ0v) is 9.77. The summed E-state index contributed by atoms with van der Waals surface area (Å²) < 4.78 is 12.6. The van der Waals surface area contributed by atoms with Crippen molar-refractivity contribution in [2.75, 3.05) is 11.1 Å². The summed E-state index contributed by atoms with van der Waals surface area (Å²) in [4.78, 5) is 11.7. The van der Waals surface area contributed by atoms with Gasteiger partial charge in [0.15, 0.2) is 0 Å². The number of thiol groups is 1. The first-order chi connectivity index (χ1) is 7.63. The molecule has 0 spiro atoms. The second kappa shape index (κ2) is 4.45. The maximum Gasteiger partial charge on any atom is 0.224 e. The van der Waals surface area contributed by atoms with Crippen LogP contribution in [0.4, 0.5) is 10.1 Å². The number of rotatable bonds is 4. The fourth-order valence-electron chi connectivity index (χ4n) is 1.65. The van der Waals surface area contributed by atoms with Crippen molar-refractivity contribution in [1.82, 2.24) is 0 Å². The highest BCUT2D eigenvalue weighted by molar-refractivity contribution is 7.80. The number of anilines is 1. The first kappa shape index (κ1) is 11.5. The van der Waals surface area contributed by atoms with Gasteiger partial charge in [-0.15, -0.1) is 0 Å². The molecule has 2 rings (SSSR count). The smallest absolute Gasteiger partial charge is 0.224 e. The molecule has 86 valence electrons. The Bertz CT molecular complexity index is 387. The number of amides is 1. The molecule has 1 fully saturated rings. The monoisotopic (exact) mass is 239 g/mol. The van der Waals surface area contributed by atoms with E-state index in [1.54, 1.807) is 12.1 Å². The maximum atomic E-state index is 12.6. The third-order valence-electron chi connectivity index (χ3n) is 2.96. The number of carbonyl (C=O) groups excluding carboxylic acids is 1. The van der Waals surface area contributed by atoms with Crippen molar-refractivity contribution in [3.05, 3.63) is 30.1 Å². The van der Waals surface area contributed by atoms with Gasteiger partial charge in [-0.2, -0.15) is 12.6 Å². The van der Waals surface area contributed by atoms with Crippen molar-refractivity contribution >= 4 is 24.2 Å². The van der Waals surface area contributed by atoms with Crippen molar-refractivity contribution in [3.8, 4) is 0 Å². The highest BCUT2D eigenvalue weighted by Gasteiger charge is 2.42. The molecule has 1 saturated carbocycles. The normalized spacial score (nSPS) is 16.9. The van der Waals surface area contributed by atoms with E-state index in [1.165, 1.54) is 12.1 Å². The Hall–Kier alpha value is -1.03. The number of hydrogen-bond donors (Lipinski definition) is 2. The summed E-state index contributed by atoms with van der Waals surface area (Å²) in [5.74, 6) is 0.439. The lowest BCUT2D eigenvalue weighted by molar-refractivity contribution is -0.117. The molecule has 4 heteroatoms. The van der Waals surface area contributed by atoms with E-state index in [4.69, 9.17) is 0 Å². The third-order valence-corrected chi connectivity index (χ3v) is 3.63. The average Bonchev–Trinajstić information content (AvgIpc) is 3.02. The van der Waals surface area contributed by atoms with Gasteiger partial charge in [-0.25, -0.2) is 4.39 Å². The molecule has 1 N–H and O–H groups in total.